The summed E-state index contributed by atoms with van der Waals surface area (Å²) in [5.74, 6) is 0.106. The lowest BCUT2D eigenvalue weighted by molar-refractivity contribution is -0.384. The topological polar surface area (TPSA) is 106 Å². The number of benzene rings is 2. The first-order valence-corrected chi connectivity index (χ1v) is 10.6. The number of thioether (sulfide) groups is 1. The zero-order valence-corrected chi connectivity index (χ0v) is 18.0. The van der Waals surface area contributed by atoms with E-state index >= 15 is 0 Å². The molecular formula is C22H15N3O5S2. The number of hydrazine groups is 1. The Morgan fingerprint density at radius 3 is 2.53 bits per heavy atom. The molecule has 0 unspecified atom stereocenters. The summed E-state index contributed by atoms with van der Waals surface area (Å²) in [5, 5.41) is 11.8. The van der Waals surface area contributed by atoms with Crippen molar-refractivity contribution in [1.82, 2.24) is 10.4 Å². The van der Waals surface area contributed by atoms with Crippen molar-refractivity contribution in [2.24, 2.45) is 0 Å². The molecule has 2 amide bonds. The summed E-state index contributed by atoms with van der Waals surface area (Å²) in [6.07, 6.45) is 1.66. The van der Waals surface area contributed by atoms with E-state index in [1.54, 1.807) is 24.3 Å². The van der Waals surface area contributed by atoms with Gasteiger partial charge in [0, 0.05) is 23.8 Å². The number of furan rings is 1. The van der Waals surface area contributed by atoms with Crippen LogP contribution < -0.4 is 5.43 Å². The molecule has 0 aliphatic carbocycles. The van der Waals surface area contributed by atoms with E-state index in [0.717, 1.165) is 22.3 Å². The van der Waals surface area contributed by atoms with Gasteiger partial charge in [-0.25, -0.2) is 0 Å². The predicted molar refractivity (Wildman–Crippen MR) is 124 cm³/mol. The summed E-state index contributed by atoms with van der Waals surface area (Å²) >= 11 is 6.29. The van der Waals surface area contributed by atoms with Gasteiger partial charge in [0.05, 0.1) is 16.2 Å². The molecule has 0 bridgehead atoms. The van der Waals surface area contributed by atoms with Crippen molar-refractivity contribution < 1.29 is 18.9 Å². The molecule has 2 heterocycles. The van der Waals surface area contributed by atoms with Crippen molar-refractivity contribution in [2.45, 2.75) is 6.42 Å². The fourth-order valence-corrected chi connectivity index (χ4v) is 4.13. The van der Waals surface area contributed by atoms with Gasteiger partial charge in [0.25, 0.3) is 11.6 Å². The van der Waals surface area contributed by atoms with Gasteiger partial charge in [-0.05, 0) is 42.0 Å². The minimum absolute atomic E-state index is 0.0153. The van der Waals surface area contributed by atoms with Crippen LogP contribution >= 0.6 is 24.0 Å². The van der Waals surface area contributed by atoms with Crippen molar-refractivity contribution in [3.63, 3.8) is 0 Å². The van der Waals surface area contributed by atoms with E-state index in [9.17, 15) is 19.7 Å². The highest BCUT2D eigenvalue weighted by molar-refractivity contribution is 8.26. The maximum atomic E-state index is 12.7. The molecule has 2 aromatic carbocycles. The Morgan fingerprint density at radius 1 is 1.12 bits per heavy atom. The van der Waals surface area contributed by atoms with Crippen LogP contribution in [-0.4, -0.2) is 26.1 Å². The molecule has 1 aliphatic heterocycles. The van der Waals surface area contributed by atoms with E-state index in [-0.39, 0.29) is 22.3 Å². The van der Waals surface area contributed by atoms with Crippen molar-refractivity contribution in [3.05, 3.63) is 93.1 Å². The third-order valence-corrected chi connectivity index (χ3v) is 5.80. The molecular weight excluding hydrogens is 450 g/mol. The van der Waals surface area contributed by atoms with E-state index in [1.807, 2.05) is 30.3 Å². The molecule has 32 heavy (non-hydrogen) atoms. The molecule has 1 aromatic heterocycles. The number of thiocarbonyl (C=S) groups is 1. The zero-order chi connectivity index (χ0) is 22.7. The number of nitro benzene ring substituents is 1. The van der Waals surface area contributed by atoms with Crippen LogP contribution in [0.5, 0.6) is 0 Å². The Hall–Kier alpha value is -3.76. The number of nitrogens with one attached hydrogen (secondary N) is 1. The van der Waals surface area contributed by atoms with Gasteiger partial charge in [-0.1, -0.05) is 42.1 Å². The largest absolute Gasteiger partial charge is 0.457 e. The van der Waals surface area contributed by atoms with Gasteiger partial charge < -0.3 is 4.42 Å². The second kappa shape index (κ2) is 9.16. The average molecular weight is 466 g/mol. The van der Waals surface area contributed by atoms with Crippen LogP contribution in [0.2, 0.25) is 0 Å². The summed E-state index contributed by atoms with van der Waals surface area (Å²) in [6, 6.07) is 18.5. The Bertz CT molecular complexity index is 1240. The fraction of sp³-hybridized carbons (Fsp3) is 0.0455. The quantitative estimate of drug-likeness (QED) is 0.250. The van der Waals surface area contributed by atoms with Crippen LogP contribution in [0.3, 0.4) is 0 Å². The second-order valence-electron chi connectivity index (χ2n) is 6.72. The third-order valence-electron chi connectivity index (χ3n) is 4.50. The molecule has 0 spiro atoms. The lowest BCUT2D eigenvalue weighted by atomic mass is 10.1. The van der Waals surface area contributed by atoms with E-state index in [4.69, 9.17) is 16.6 Å². The van der Waals surface area contributed by atoms with Crippen LogP contribution in [0.25, 0.3) is 17.4 Å². The average Bonchev–Trinajstić information content (AvgIpc) is 3.35. The molecule has 1 aliphatic rings. The first-order valence-electron chi connectivity index (χ1n) is 9.37. The van der Waals surface area contributed by atoms with Gasteiger partial charge in [0.1, 0.15) is 11.5 Å². The molecule has 4 rings (SSSR count). The minimum atomic E-state index is -0.474. The minimum Gasteiger partial charge on any atom is -0.457 e. The maximum Gasteiger partial charge on any atom is 0.285 e. The molecule has 3 aromatic rings. The molecule has 0 saturated carbocycles. The van der Waals surface area contributed by atoms with Crippen molar-refractivity contribution in [2.75, 3.05) is 0 Å². The highest BCUT2D eigenvalue weighted by Gasteiger charge is 2.33. The monoisotopic (exact) mass is 465 g/mol. The van der Waals surface area contributed by atoms with E-state index in [1.165, 1.54) is 18.2 Å². The normalized spacial score (nSPS) is 14.8. The van der Waals surface area contributed by atoms with E-state index in [2.05, 4.69) is 5.43 Å². The standard InChI is InChI=1S/C22H15N3O5S2/c26-20(12-14-4-2-1-3-5-14)23-24-21(27)19(32-22(24)31)13-17-10-11-18(30-17)15-6-8-16(9-7-15)25(28)29/h1-11,13H,12H2,(H,23,26)/b19-13-. The lowest BCUT2D eigenvalue weighted by Crippen LogP contribution is -2.45. The Labute approximate surface area is 192 Å². The van der Waals surface area contributed by atoms with Crippen LogP contribution in [0.1, 0.15) is 11.3 Å². The molecule has 10 heteroatoms. The Morgan fingerprint density at radius 2 is 1.84 bits per heavy atom. The van der Waals surface area contributed by atoms with E-state index in [0.29, 0.717) is 22.0 Å². The van der Waals surface area contributed by atoms with Gasteiger partial charge in [-0.15, -0.1) is 0 Å². The first-order chi connectivity index (χ1) is 15.4. The summed E-state index contributed by atoms with van der Waals surface area (Å²) in [6.45, 7) is 0. The van der Waals surface area contributed by atoms with Gasteiger partial charge in [-0.2, -0.15) is 5.01 Å². The molecule has 1 N–H and O–H groups in total. The number of amides is 2. The SMILES string of the molecule is O=C(Cc1ccccc1)NN1C(=O)/C(=C/c2ccc(-c3ccc([N+](=O)[O-])cc3)o2)SC1=S. The van der Waals surface area contributed by atoms with Gasteiger partial charge >= 0.3 is 0 Å². The molecule has 1 saturated heterocycles. The zero-order valence-electron chi connectivity index (χ0n) is 16.4. The van der Waals surface area contributed by atoms with Crippen molar-refractivity contribution in [3.8, 4) is 11.3 Å². The first kappa shape index (κ1) is 21.5. The van der Waals surface area contributed by atoms with Gasteiger partial charge in [-0.3, -0.25) is 25.1 Å². The van der Waals surface area contributed by atoms with Crippen LogP contribution in [-0.2, 0) is 16.0 Å². The van der Waals surface area contributed by atoms with Crippen LogP contribution in [0.4, 0.5) is 5.69 Å². The summed E-state index contributed by atoms with van der Waals surface area (Å²) in [5.41, 5.74) is 4.01. The van der Waals surface area contributed by atoms with Gasteiger partial charge in [0.15, 0.2) is 4.32 Å². The summed E-state index contributed by atoms with van der Waals surface area (Å²) in [4.78, 5) is 35.6. The fourth-order valence-electron chi connectivity index (χ4n) is 2.97. The smallest absolute Gasteiger partial charge is 0.285 e. The van der Waals surface area contributed by atoms with Crippen LogP contribution in [0, 0.1) is 10.1 Å². The highest BCUT2D eigenvalue weighted by Crippen LogP contribution is 2.33. The predicted octanol–water partition coefficient (Wildman–Crippen LogP) is 4.33. The van der Waals surface area contributed by atoms with E-state index < -0.39 is 10.8 Å². The number of nitro groups is 1. The number of carbonyl (C=O) groups is 2. The second-order valence-corrected chi connectivity index (χ2v) is 8.40. The summed E-state index contributed by atoms with van der Waals surface area (Å²) < 4.78 is 5.96. The van der Waals surface area contributed by atoms with Crippen molar-refractivity contribution in [1.29, 1.82) is 0 Å². The molecule has 0 radical (unpaired) electrons. The van der Waals surface area contributed by atoms with Crippen LogP contribution in [0.15, 0.2) is 76.1 Å². The Kier molecular flexibility index (Phi) is 6.15. The number of carbonyl (C=O) groups excluding carboxylic acids is 2. The molecule has 0 atom stereocenters. The number of nitrogens with zero attached hydrogens (tertiary/aromatic N) is 2. The molecule has 160 valence electrons. The Balaban J connectivity index is 1.45. The maximum absolute atomic E-state index is 12.7. The van der Waals surface area contributed by atoms with Gasteiger partial charge in [0.2, 0.25) is 5.91 Å². The number of non-ortho nitro benzene ring substituents is 1. The number of hydrogen-bond acceptors (Lipinski definition) is 7. The van der Waals surface area contributed by atoms with Crippen molar-refractivity contribution >= 4 is 51.9 Å². The highest BCUT2D eigenvalue weighted by atomic mass is 32.2. The summed E-state index contributed by atoms with van der Waals surface area (Å²) in [7, 11) is 0. The number of hydrogen-bond donors (Lipinski definition) is 1. The molecule has 8 nitrogen and oxygen atoms in total. The lowest BCUT2D eigenvalue weighted by Gasteiger charge is -2.15. The molecule has 1 fully saturated rings. The number of rotatable bonds is 6. The third kappa shape index (κ3) is 4.76.